The van der Waals surface area contributed by atoms with Crippen molar-refractivity contribution < 1.29 is 14.3 Å². The van der Waals surface area contributed by atoms with Gasteiger partial charge < -0.3 is 4.74 Å². The largest absolute Gasteiger partial charge is 0.460 e. The molecule has 1 rings (SSSR count). The number of ketones is 1. The Labute approximate surface area is 105 Å². The van der Waals surface area contributed by atoms with E-state index in [0.717, 1.165) is 5.56 Å². The molecule has 4 nitrogen and oxygen atoms in total. The van der Waals surface area contributed by atoms with Crippen molar-refractivity contribution in [1.82, 2.24) is 0 Å². The second-order valence-corrected chi connectivity index (χ2v) is 3.44. The van der Waals surface area contributed by atoms with E-state index in [9.17, 15) is 9.59 Å². The van der Waals surface area contributed by atoms with Gasteiger partial charge in [-0.05, 0) is 12.5 Å². The lowest BCUT2D eigenvalue weighted by Gasteiger charge is -1.99. The third kappa shape index (κ3) is 3.87. The summed E-state index contributed by atoms with van der Waals surface area (Å²) >= 11 is 0. The molecule has 1 aromatic rings. The van der Waals surface area contributed by atoms with Crippen molar-refractivity contribution in [3.05, 3.63) is 42.0 Å². The zero-order valence-corrected chi connectivity index (χ0v) is 10.1. The summed E-state index contributed by atoms with van der Waals surface area (Å²) in [5.41, 5.74) is 1.09. The van der Waals surface area contributed by atoms with E-state index in [-0.39, 0.29) is 13.0 Å². The van der Waals surface area contributed by atoms with Crippen LogP contribution in [0, 0.1) is 11.3 Å². The van der Waals surface area contributed by atoms with Crippen LogP contribution in [0.15, 0.2) is 36.4 Å². The van der Waals surface area contributed by atoms with Crippen molar-refractivity contribution in [2.75, 3.05) is 6.61 Å². The topological polar surface area (TPSA) is 67.2 Å². The van der Waals surface area contributed by atoms with Crippen LogP contribution in [0.5, 0.6) is 0 Å². The third-order valence-corrected chi connectivity index (χ3v) is 2.20. The molecule has 0 unspecified atom stereocenters. The maximum absolute atomic E-state index is 11.4. The second-order valence-electron chi connectivity index (χ2n) is 3.44. The van der Waals surface area contributed by atoms with Crippen LogP contribution in [0.1, 0.15) is 18.9 Å². The van der Waals surface area contributed by atoms with E-state index >= 15 is 0 Å². The molecule has 0 aliphatic heterocycles. The standard InChI is InChI=1S/C14H13NO3/c1-2-18-14(17)13(16)9-8-12(10-15)11-6-4-3-5-7-11/h3-8H,2,9H2,1H3. The number of ether oxygens (including phenoxy) is 1. The molecule has 0 radical (unpaired) electrons. The molecule has 0 N–H and O–H groups in total. The Morgan fingerprint density at radius 1 is 1.33 bits per heavy atom. The predicted octanol–water partition coefficient (Wildman–Crippen LogP) is 2.12. The first-order valence-electron chi connectivity index (χ1n) is 5.54. The van der Waals surface area contributed by atoms with Crippen LogP contribution in [-0.4, -0.2) is 18.4 Å². The molecule has 4 heteroatoms. The molecule has 0 bridgehead atoms. The normalized spacial score (nSPS) is 10.6. The van der Waals surface area contributed by atoms with Crippen molar-refractivity contribution in [3.8, 4) is 6.07 Å². The number of nitriles is 1. The number of nitrogens with zero attached hydrogens (tertiary/aromatic N) is 1. The lowest BCUT2D eigenvalue weighted by molar-refractivity contribution is -0.153. The Bertz CT molecular complexity index is 498. The third-order valence-electron chi connectivity index (χ3n) is 2.20. The fraction of sp³-hybridized carbons (Fsp3) is 0.214. The first kappa shape index (κ1) is 13.7. The number of benzene rings is 1. The second kappa shape index (κ2) is 7.02. The lowest BCUT2D eigenvalue weighted by atomic mass is 10.1. The van der Waals surface area contributed by atoms with Crippen molar-refractivity contribution in [2.45, 2.75) is 13.3 Å². The minimum atomic E-state index is -0.862. The van der Waals surface area contributed by atoms with E-state index in [4.69, 9.17) is 5.26 Å². The number of hydrogen-bond donors (Lipinski definition) is 0. The molecule has 0 fully saturated rings. The summed E-state index contributed by atoms with van der Waals surface area (Å²) in [5.74, 6) is -1.51. The van der Waals surface area contributed by atoms with Crippen molar-refractivity contribution >= 4 is 17.3 Å². The summed E-state index contributed by atoms with van der Waals surface area (Å²) in [6, 6.07) is 11.0. The Kier molecular flexibility index (Phi) is 5.33. The Morgan fingerprint density at radius 2 is 2.00 bits per heavy atom. The maximum Gasteiger partial charge on any atom is 0.374 e. The maximum atomic E-state index is 11.4. The Balaban J connectivity index is 2.74. The van der Waals surface area contributed by atoms with Gasteiger partial charge in [-0.3, -0.25) is 4.79 Å². The molecule has 0 aliphatic carbocycles. The highest BCUT2D eigenvalue weighted by molar-refractivity contribution is 6.34. The molecular weight excluding hydrogens is 230 g/mol. The smallest absolute Gasteiger partial charge is 0.374 e. The number of Topliss-reactive ketones (excluding diaryl/α,β-unsaturated/α-hetero) is 1. The monoisotopic (exact) mass is 243 g/mol. The van der Waals surface area contributed by atoms with Crippen LogP contribution in [0.2, 0.25) is 0 Å². The molecule has 0 amide bonds. The fourth-order valence-corrected chi connectivity index (χ4v) is 1.34. The molecule has 0 saturated carbocycles. The zero-order valence-electron chi connectivity index (χ0n) is 10.1. The summed E-state index contributed by atoms with van der Waals surface area (Å²) < 4.78 is 4.57. The van der Waals surface area contributed by atoms with Crippen LogP contribution < -0.4 is 0 Å². The molecule has 0 saturated heterocycles. The van der Waals surface area contributed by atoms with Gasteiger partial charge in [-0.15, -0.1) is 0 Å². The average molecular weight is 243 g/mol. The minimum Gasteiger partial charge on any atom is -0.460 e. The number of carbonyl (C=O) groups excluding carboxylic acids is 2. The van der Waals surface area contributed by atoms with Crippen molar-refractivity contribution in [1.29, 1.82) is 5.26 Å². The van der Waals surface area contributed by atoms with Crippen LogP contribution in [-0.2, 0) is 14.3 Å². The summed E-state index contributed by atoms with van der Waals surface area (Å²) in [6.07, 6.45) is 1.31. The predicted molar refractivity (Wildman–Crippen MR) is 66.3 cm³/mol. The van der Waals surface area contributed by atoms with Crippen LogP contribution >= 0.6 is 0 Å². The van der Waals surface area contributed by atoms with E-state index in [2.05, 4.69) is 4.74 Å². The number of hydrogen-bond acceptors (Lipinski definition) is 4. The molecule has 18 heavy (non-hydrogen) atoms. The van der Waals surface area contributed by atoms with Gasteiger partial charge in [0.15, 0.2) is 0 Å². The van der Waals surface area contributed by atoms with Gasteiger partial charge in [-0.2, -0.15) is 5.26 Å². The number of carbonyl (C=O) groups is 2. The van der Waals surface area contributed by atoms with E-state index in [1.165, 1.54) is 6.08 Å². The van der Waals surface area contributed by atoms with Crippen molar-refractivity contribution in [2.24, 2.45) is 0 Å². The van der Waals surface area contributed by atoms with E-state index in [1.54, 1.807) is 31.2 Å². The van der Waals surface area contributed by atoms with Gasteiger partial charge in [-0.25, -0.2) is 4.79 Å². The molecule has 0 aliphatic rings. The molecule has 0 heterocycles. The number of allylic oxidation sites excluding steroid dienone is 2. The summed E-state index contributed by atoms with van der Waals surface area (Å²) in [7, 11) is 0. The van der Waals surface area contributed by atoms with Gasteiger partial charge in [-0.1, -0.05) is 36.4 Å². The molecule has 1 aromatic carbocycles. The minimum absolute atomic E-state index is 0.128. The van der Waals surface area contributed by atoms with Gasteiger partial charge in [0.1, 0.15) is 0 Å². The van der Waals surface area contributed by atoms with Crippen molar-refractivity contribution in [3.63, 3.8) is 0 Å². The quantitative estimate of drug-likeness (QED) is 0.451. The molecule has 0 aromatic heterocycles. The molecular formula is C14H13NO3. The van der Waals surface area contributed by atoms with Gasteiger partial charge in [0.25, 0.3) is 0 Å². The summed E-state index contributed by atoms with van der Waals surface area (Å²) in [5, 5.41) is 8.99. The molecule has 92 valence electrons. The van der Waals surface area contributed by atoms with Crippen LogP contribution in [0.3, 0.4) is 0 Å². The number of rotatable bonds is 5. The zero-order chi connectivity index (χ0) is 13.4. The SMILES string of the molecule is CCOC(=O)C(=O)CC=C(C#N)c1ccccc1. The van der Waals surface area contributed by atoms with Gasteiger partial charge in [0.05, 0.1) is 18.2 Å². The highest BCUT2D eigenvalue weighted by atomic mass is 16.5. The average Bonchev–Trinajstić information content (AvgIpc) is 2.40. The van der Waals surface area contributed by atoms with E-state index in [1.807, 2.05) is 12.1 Å². The summed E-state index contributed by atoms with van der Waals surface area (Å²) in [4.78, 5) is 22.5. The Morgan fingerprint density at radius 3 is 2.56 bits per heavy atom. The first-order valence-corrected chi connectivity index (χ1v) is 5.54. The van der Waals surface area contributed by atoms with E-state index in [0.29, 0.717) is 5.57 Å². The summed E-state index contributed by atoms with van der Waals surface area (Å²) in [6.45, 7) is 1.80. The fourth-order valence-electron chi connectivity index (χ4n) is 1.34. The molecule has 0 atom stereocenters. The van der Waals surface area contributed by atoms with E-state index < -0.39 is 11.8 Å². The highest BCUT2D eigenvalue weighted by Crippen LogP contribution is 2.13. The first-order chi connectivity index (χ1) is 8.69. The Hall–Kier alpha value is -2.41. The highest BCUT2D eigenvalue weighted by Gasteiger charge is 2.13. The molecule has 0 spiro atoms. The number of esters is 1. The lowest BCUT2D eigenvalue weighted by Crippen LogP contribution is -2.16. The van der Waals surface area contributed by atoms with Crippen LogP contribution in [0.25, 0.3) is 5.57 Å². The van der Waals surface area contributed by atoms with Crippen LogP contribution in [0.4, 0.5) is 0 Å². The van der Waals surface area contributed by atoms with Gasteiger partial charge in [0, 0.05) is 6.42 Å². The van der Waals surface area contributed by atoms with Gasteiger partial charge in [0.2, 0.25) is 5.78 Å². The van der Waals surface area contributed by atoms with Gasteiger partial charge >= 0.3 is 5.97 Å².